The molecule has 0 fully saturated rings. The SMILES string of the molecule is CCNCCCNCCCNCCCNC. The molecular formula is C12H30N4. The van der Waals surface area contributed by atoms with E-state index >= 15 is 0 Å². The summed E-state index contributed by atoms with van der Waals surface area (Å²) in [6.07, 6.45) is 3.66. The molecule has 0 amide bonds. The van der Waals surface area contributed by atoms with Crippen LogP contribution in [0.4, 0.5) is 0 Å². The lowest BCUT2D eigenvalue weighted by molar-refractivity contribution is 0.560. The smallest absolute Gasteiger partial charge is 0.00368 e. The average molecular weight is 230 g/mol. The van der Waals surface area contributed by atoms with E-state index in [1.54, 1.807) is 0 Å². The second kappa shape index (κ2) is 14.8. The Balaban J connectivity index is 2.83. The van der Waals surface area contributed by atoms with E-state index in [0.717, 1.165) is 45.8 Å². The molecule has 0 radical (unpaired) electrons. The molecule has 4 heteroatoms. The van der Waals surface area contributed by atoms with Gasteiger partial charge in [-0.25, -0.2) is 0 Å². The number of hydrogen-bond donors (Lipinski definition) is 4. The van der Waals surface area contributed by atoms with E-state index in [2.05, 4.69) is 28.2 Å². The van der Waals surface area contributed by atoms with Crippen LogP contribution in [0.15, 0.2) is 0 Å². The zero-order valence-corrected chi connectivity index (χ0v) is 11.1. The lowest BCUT2D eigenvalue weighted by Crippen LogP contribution is -2.26. The van der Waals surface area contributed by atoms with Crippen LogP contribution in [0.2, 0.25) is 0 Å². The average Bonchev–Trinajstić information content (AvgIpc) is 2.31. The summed E-state index contributed by atoms with van der Waals surface area (Å²) >= 11 is 0. The second-order valence-electron chi connectivity index (χ2n) is 4.02. The van der Waals surface area contributed by atoms with Crippen LogP contribution in [0, 0.1) is 0 Å². The van der Waals surface area contributed by atoms with Crippen molar-refractivity contribution in [3.05, 3.63) is 0 Å². The third-order valence-electron chi connectivity index (χ3n) is 2.44. The van der Waals surface area contributed by atoms with E-state index in [1.165, 1.54) is 19.3 Å². The van der Waals surface area contributed by atoms with Crippen LogP contribution in [0.5, 0.6) is 0 Å². The first kappa shape index (κ1) is 15.8. The normalized spacial score (nSPS) is 10.9. The molecule has 4 N–H and O–H groups in total. The topological polar surface area (TPSA) is 48.1 Å². The first-order valence-corrected chi connectivity index (χ1v) is 6.68. The fourth-order valence-electron chi connectivity index (χ4n) is 1.49. The Morgan fingerprint density at radius 3 is 1.50 bits per heavy atom. The van der Waals surface area contributed by atoms with Crippen LogP contribution < -0.4 is 21.3 Å². The Labute approximate surface area is 101 Å². The van der Waals surface area contributed by atoms with Gasteiger partial charge in [-0.1, -0.05) is 6.92 Å². The Morgan fingerprint density at radius 2 is 1.06 bits per heavy atom. The second-order valence-corrected chi connectivity index (χ2v) is 4.02. The van der Waals surface area contributed by atoms with Gasteiger partial charge >= 0.3 is 0 Å². The van der Waals surface area contributed by atoms with Gasteiger partial charge in [0, 0.05) is 0 Å². The molecule has 98 valence electrons. The van der Waals surface area contributed by atoms with E-state index in [0.29, 0.717) is 0 Å². The first-order chi connectivity index (χ1) is 7.91. The van der Waals surface area contributed by atoms with Crippen LogP contribution in [0.1, 0.15) is 26.2 Å². The van der Waals surface area contributed by atoms with E-state index in [-0.39, 0.29) is 0 Å². The monoisotopic (exact) mass is 230 g/mol. The lowest BCUT2D eigenvalue weighted by atomic mass is 10.3. The maximum absolute atomic E-state index is 3.45. The molecule has 0 atom stereocenters. The molecule has 0 aliphatic rings. The summed E-state index contributed by atoms with van der Waals surface area (Å²) in [5, 5.41) is 13.4. The van der Waals surface area contributed by atoms with Gasteiger partial charge in [0.1, 0.15) is 0 Å². The van der Waals surface area contributed by atoms with Crippen LogP contribution in [0.25, 0.3) is 0 Å². The molecule has 0 aromatic rings. The Kier molecular flexibility index (Phi) is 14.7. The van der Waals surface area contributed by atoms with E-state index in [1.807, 2.05) is 7.05 Å². The highest BCUT2D eigenvalue weighted by Gasteiger charge is 1.89. The fourth-order valence-corrected chi connectivity index (χ4v) is 1.49. The molecule has 0 saturated heterocycles. The van der Waals surface area contributed by atoms with Gasteiger partial charge in [-0.3, -0.25) is 0 Å². The molecule has 0 unspecified atom stereocenters. The highest BCUT2D eigenvalue weighted by Crippen LogP contribution is 1.78. The Bertz CT molecular complexity index is 106. The summed E-state index contributed by atoms with van der Waals surface area (Å²) in [5.41, 5.74) is 0. The van der Waals surface area contributed by atoms with Crippen molar-refractivity contribution >= 4 is 0 Å². The number of hydrogen-bond acceptors (Lipinski definition) is 4. The minimum atomic E-state index is 1.08. The minimum Gasteiger partial charge on any atom is -0.320 e. The maximum Gasteiger partial charge on any atom is -0.00368 e. The molecule has 0 heterocycles. The van der Waals surface area contributed by atoms with Crippen molar-refractivity contribution in [3.63, 3.8) is 0 Å². The zero-order valence-electron chi connectivity index (χ0n) is 11.1. The third kappa shape index (κ3) is 13.8. The molecule has 0 aliphatic heterocycles. The standard InChI is InChI=1S/C12H30N4/c1-3-14-8-5-10-16-12-6-11-15-9-4-7-13-2/h13-16H,3-12H2,1-2H3. The summed E-state index contributed by atoms with van der Waals surface area (Å²) < 4.78 is 0. The molecule has 0 saturated carbocycles. The first-order valence-electron chi connectivity index (χ1n) is 6.68. The summed E-state index contributed by atoms with van der Waals surface area (Å²) in [6, 6.07) is 0. The molecule has 0 rings (SSSR count). The zero-order chi connectivity index (χ0) is 11.9. The molecule has 0 aromatic carbocycles. The summed E-state index contributed by atoms with van der Waals surface area (Å²) in [7, 11) is 2.00. The third-order valence-corrected chi connectivity index (χ3v) is 2.44. The van der Waals surface area contributed by atoms with Crippen molar-refractivity contribution in [1.82, 2.24) is 21.3 Å². The molecule has 0 bridgehead atoms. The molecule has 4 nitrogen and oxygen atoms in total. The molecule has 0 aromatic heterocycles. The highest BCUT2D eigenvalue weighted by atomic mass is 14.9. The minimum absolute atomic E-state index is 1.08. The molecule has 16 heavy (non-hydrogen) atoms. The van der Waals surface area contributed by atoms with Gasteiger partial charge < -0.3 is 21.3 Å². The molecule has 0 aliphatic carbocycles. The van der Waals surface area contributed by atoms with Crippen molar-refractivity contribution in [2.75, 3.05) is 52.9 Å². The van der Waals surface area contributed by atoms with Crippen LogP contribution >= 0.6 is 0 Å². The predicted octanol–water partition coefficient (Wildman–Crippen LogP) is 0.165. The van der Waals surface area contributed by atoms with E-state index in [4.69, 9.17) is 0 Å². The highest BCUT2D eigenvalue weighted by molar-refractivity contribution is 4.54. The van der Waals surface area contributed by atoms with Crippen molar-refractivity contribution in [2.24, 2.45) is 0 Å². The van der Waals surface area contributed by atoms with Crippen molar-refractivity contribution < 1.29 is 0 Å². The van der Waals surface area contributed by atoms with Crippen molar-refractivity contribution in [1.29, 1.82) is 0 Å². The Hall–Kier alpha value is -0.160. The van der Waals surface area contributed by atoms with Gasteiger partial charge in [0.15, 0.2) is 0 Å². The van der Waals surface area contributed by atoms with Crippen molar-refractivity contribution in [2.45, 2.75) is 26.2 Å². The lowest BCUT2D eigenvalue weighted by Gasteiger charge is -2.06. The van der Waals surface area contributed by atoms with Gasteiger partial charge in [-0.05, 0) is 72.1 Å². The summed E-state index contributed by atoms with van der Waals surface area (Å²) in [6.45, 7) is 9.98. The fraction of sp³-hybridized carbons (Fsp3) is 1.00. The van der Waals surface area contributed by atoms with Gasteiger partial charge in [0.05, 0.1) is 0 Å². The summed E-state index contributed by atoms with van der Waals surface area (Å²) in [5.74, 6) is 0. The maximum atomic E-state index is 3.45. The summed E-state index contributed by atoms with van der Waals surface area (Å²) in [4.78, 5) is 0. The van der Waals surface area contributed by atoms with Gasteiger partial charge in [0.25, 0.3) is 0 Å². The largest absolute Gasteiger partial charge is 0.320 e. The number of nitrogens with one attached hydrogen (secondary N) is 4. The van der Waals surface area contributed by atoms with Crippen molar-refractivity contribution in [3.8, 4) is 0 Å². The van der Waals surface area contributed by atoms with E-state index < -0.39 is 0 Å². The van der Waals surface area contributed by atoms with Crippen LogP contribution in [-0.4, -0.2) is 52.9 Å². The molecular weight excluding hydrogens is 200 g/mol. The van der Waals surface area contributed by atoms with Gasteiger partial charge in [-0.15, -0.1) is 0 Å². The van der Waals surface area contributed by atoms with Gasteiger partial charge in [-0.2, -0.15) is 0 Å². The van der Waals surface area contributed by atoms with Crippen LogP contribution in [0.3, 0.4) is 0 Å². The van der Waals surface area contributed by atoms with Crippen LogP contribution in [-0.2, 0) is 0 Å². The van der Waals surface area contributed by atoms with E-state index in [9.17, 15) is 0 Å². The quantitative estimate of drug-likeness (QED) is 0.341. The predicted molar refractivity (Wildman–Crippen MR) is 72.1 cm³/mol. The van der Waals surface area contributed by atoms with Gasteiger partial charge in [0.2, 0.25) is 0 Å². The number of rotatable bonds is 13. The Morgan fingerprint density at radius 1 is 0.625 bits per heavy atom. The molecule has 0 spiro atoms.